The molecule has 0 heterocycles. The maximum Gasteiger partial charge on any atom is 0.0721 e. The summed E-state index contributed by atoms with van der Waals surface area (Å²) in [5.41, 5.74) is 5.44. The number of rotatable bonds is 7. The van der Waals surface area contributed by atoms with Gasteiger partial charge in [0.1, 0.15) is 0 Å². The number of ether oxygens (including phenoxy) is 1. The third-order valence-corrected chi connectivity index (χ3v) is 5.54. The van der Waals surface area contributed by atoms with Gasteiger partial charge >= 0.3 is 0 Å². The summed E-state index contributed by atoms with van der Waals surface area (Å²) >= 11 is 0. The first-order chi connectivity index (χ1) is 12.8. The quantitative estimate of drug-likeness (QED) is 0.393. The zero-order valence-corrected chi connectivity index (χ0v) is 15.9. The molecule has 0 radical (unpaired) electrons. The van der Waals surface area contributed by atoms with Gasteiger partial charge in [-0.15, -0.1) is 0 Å². The molecule has 1 aliphatic rings. The number of hydrogen-bond acceptors (Lipinski definition) is 1. The summed E-state index contributed by atoms with van der Waals surface area (Å²) < 4.78 is 5.63. The summed E-state index contributed by atoms with van der Waals surface area (Å²) in [6.45, 7) is 7.24. The molecule has 26 heavy (non-hydrogen) atoms. The fourth-order valence-electron chi connectivity index (χ4n) is 3.89. The van der Waals surface area contributed by atoms with E-state index >= 15 is 0 Å². The molecule has 1 heteroatoms. The molecule has 0 N–H and O–H groups in total. The van der Waals surface area contributed by atoms with E-state index in [1.54, 1.807) is 0 Å². The van der Waals surface area contributed by atoms with Gasteiger partial charge < -0.3 is 4.74 Å². The predicted molar refractivity (Wildman–Crippen MR) is 111 cm³/mol. The van der Waals surface area contributed by atoms with Crippen molar-refractivity contribution in [1.82, 2.24) is 0 Å². The van der Waals surface area contributed by atoms with Crippen molar-refractivity contribution < 1.29 is 4.74 Å². The summed E-state index contributed by atoms with van der Waals surface area (Å²) in [5.74, 6) is 1.42. The Morgan fingerprint density at radius 2 is 1.42 bits per heavy atom. The van der Waals surface area contributed by atoms with Gasteiger partial charge in [0.05, 0.1) is 13.2 Å². The molecule has 0 aromatic heterocycles. The van der Waals surface area contributed by atoms with E-state index in [4.69, 9.17) is 4.74 Å². The normalized spacial score (nSPS) is 20.3. The lowest BCUT2D eigenvalue weighted by molar-refractivity contribution is 0.148. The minimum absolute atomic E-state index is 0.691. The Kier molecular flexibility index (Phi) is 6.85. The van der Waals surface area contributed by atoms with E-state index in [0.29, 0.717) is 25.0 Å². The molecule has 0 unspecified atom stereocenters. The van der Waals surface area contributed by atoms with Gasteiger partial charge in [0.25, 0.3) is 0 Å². The fraction of sp³-hybridized carbons (Fsp3) is 0.360. The molecule has 0 saturated heterocycles. The van der Waals surface area contributed by atoms with Crippen LogP contribution in [0.5, 0.6) is 0 Å². The van der Waals surface area contributed by atoms with Gasteiger partial charge in [-0.2, -0.15) is 0 Å². The molecule has 1 fully saturated rings. The first kappa shape index (κ1) is 18.7. The van der Waals surface area contributed by atoms with Gasteiger partial charge in [0, 0.05) is 0 Å². The number of hydrogen-bond donors (Lipinski definition) is 0. The van der Waals surface area contributed by atoms with Crippen molar-refractivity contribution in [2.24, 2.45) is 0 Å². The van der Waals surface area contributed by atoms with Gasteiger partial charge in [-0.25, -0.2) is 0 Å². The molecule has 0 spiro atoms. The molecule has 2 aromatic rings. The van der Waals surface area contributed by atoms with Crippen LogP contribution < -0.4 is 0 Å². The molecule has 1 aliphatic carbocycles. The summed E-state index contributed by atoms with van der Waals surface area (Å²) in [4.78, 5) is 0. The lowest BCUT2D eigenvalue weighted by Gasteiger charge is -2.29. The Balaban J connectivity index is 1.51. The van der Waals surface area contributed by atoms with Crippen molar-refractivity contribution in [2.75, 3.05) is 6.61 Å². The van der Waals surface area contributed by atoms with E-state index in [0.717, 1.165) is 0 Å². The van der Waals surface area contributed by atoms with Gasteiger partial charge in [0.15, 0.2) is 0 Å². The molecule has 1 nitrogen and oxygen atoms in total. The van der Waals surface area contributed by atoms with Crippen LogP contribution >= 0.6 is 0 Å². The van der Waals surface area contributed by atoms with Crippen LogP contribution in [0, 0.1) is 0 Å². The molecular formula is C25H30O. The molecule has 136 valence electrons. The summed E-state index contributed by atoms with van der Waals surface area (Å²) in [5, 5.41) is 0. The van der Waals surface area contributed by atoms with Crippen LogP contribution in [0.1, 0.15) is 66.7 Å². The molecule has 0 bridgehead atoms. The second-order valence-corrected chi connectivity index (χ2v) is 7.25. The highest BCUT2D eigenvalue weighted by Gasteiger charge is 2.23. The molecule has 0 aliphatic heterocycles. The van der Waals surface area contributed by atoms with Gasteiger partial charge in [-0.05, 0) is 66.7 Å². The van der Waals surface area contributed by atoms with E-state index < -0.39 is 0 Å². The zero-order chi connectivity index (χ0) is 18.2. The van der Waals surface area contributed by atoms with Gasteiger partial charge in [-0.3, -0.25) is 0 Å². The van der Waals surface area contributed by atoms with Crippen LogP contribution in [0.2, 0.25) is 0 Å². The van der Waals surface area contributed by atoms with Crippen LogP contribution in [-0.4, -0.2) is 6.61 Å². The van der Waals surface area contributed by atoms with E-state index in [-0.39, 0.29) is 0 Å². The first-order valence-corrected chi connectivity index (χ1v) is 9.80. The SMILES string of the molecule is C=Cc1ccc(C2CCC(c3ccc(COC/C=C/C)cc3)CC2)cc1. The second kappa shape index (κ2) is 9.54. The Morgan fingerprint density at radius 3 is 1.92 bits per heavy atom. The Hall–Kier alpha value is -2.12. The lowest BCUT2D eigenvalue weighted by atomic mass is 9.76. The Morgan fingerprint density at radius 1 is 0.885 bits per heavy atom. The minimum atomic E-state index is 0.691. The Bertz CT molecular complexity index is 701. The number of allylic oxidation sites excluding steroid dienone is 1. The molecule has 3 rings (SSSR count). The third kappa shape index (κ3) is 4.95. The van der Waals surface area contributed by atoms with E-state index in [1.165, 1.54) is 47.9 Å². The lowest BCUT2D eigenvalue weighted by Crippen LogP contribution is -2.12. The predicted octanol–water partition coefficient (Wildman–Crippen LogP) is 6.86. The van der Waals surface area contributed by atoms with Crippen molar-refractivity contribution >= 4 is 6.08 Å². The smallest absolute Gasteiger partial charge is 0.0721 e. The van der Waals surface area contributed by atoms with E-state index in [9.17, 15) is 0 Å². The van der Waals surface area contributed by atoms with E-state index in [2.05, 4.69) is 55.1 Å². The van der Waals surface area contributed by atoms with Gasteiger partial charge in [0.2, 0.25) is 0 Å². The average Bonchev–Trinajstić information content (AvgIpc) is 2.72. The summed E-state index contributed by atoms with van der Waals surface area (Å²) in [6.07, 6.45) is 11.1. The minimum Gasteiger partial charge on any atom is -0.373 e. The fourth-order valence-corrected chi connectivity index (χ4v) is 3.89. The van der Waals surface area contributed by atoms with E-state index in [1.807, 2.05) is 25.2 Å². The first-order valence-electron chi connectivity index (χ1n) is 9.80. The van der Waals surface area contributed by atoms with Crippen molar-refractivity contribution in [3.63, 3.8) is 0 Å². The Labute approximate surface area is 158 Å². The highest BCUT2D eigenvalue weighted by molar-refractivity contribution is 5.47. The molecule has 0 amide bonds. The maximum absolute atomic E-state index is 5.63. The molecule has 2 aromatic carbocycles. The summed E-state index contributed by atoms with van der Waals surface area (Å²) in [7, 11) is 0. The maximum atomic E-state index is 5.63. The largest absolute Gasteiger partial charge is 0.373 e. The molecule has 0 atom stereocenters. The third-order valence-electron chi connectivity index (χ3n) is 5.54. The standard InChI is InChI=1S/C25H30O/c1-3-5-18-26-19-21-8-12-23(13-9-21)25-16-14-24(15-17-25)22-10-6-20(4-2)7-11-22/h3-13,24-25H,2,14-19H2,1H3/b5-3+. The second-order valence-electron chi connectivity index (χ2n) is 7.25. The highest BCUT2D eigenvalue weighted by atomic mass is 16.5. The molecule has 1 saturated carbocycles. The van der Waals surface area contributed by atoms with Crippen molar-refractivity contribution in [3.8, 4) is 0 Å². The monoisotopic (exact) mass is 346 g/mol. The van der Waals surface area contributed by atoms with Gasteiger partial charge in [-0.1, -0.05) is 73.3 Å². The highest BCUT2D eigenvalue weighted by Crippen LogP contribution is 2.40. The van der Waals surface area contributed by atoms with Crippen molar-refractivity contribution in [1.29, 1.82) is 0 Å². The van der Waals surface area contributed by atoms with Crippen LogP contribution in [0.15, 0.2) is 67.3 Å². The average molecular weight is 347 g/mol. The van der Waals surface area contributed by atoms with Crippen LogP contribution in [-0.2, 0) is 11.3 Å². The topological polar surface area (TPSA) is 9.23 Å². The van der Waals surface area contributed by atoms with Crippen LogP contribution in [0.3, 0.4) is 0 Å². The number of benzene rings is 2. The van der Waals surface area contributed by atoms with Crippen LogP contribution in [0.4, 0.5) is 0 Å². The molecular weight excluding hydrogens is 316 g/mol. The zero-order valence-electron chi connectivity index (χ0n) is 15.9. The van der Waals surface area contributed by atoms with Crippen LogP contribution in [0.25, 0.3) is 6.08 Å². The van der Waals surface area contributed by atoms with Crippen molar-refractivity contribution in [3.05, 3.63) is 89.5 Å². The van der Waals surface area contributed by atoms with Crippen molar-refractivity contribution in [2.45, 2.75) is 51.0 Å². The summed E-state index contributed by atoms with van der Waals surface area (Å²) in [6, 6.07) is 18.0.